The summed E-state index contributed by atoms with van der Waals surface area (Å²) in [7, 11) is 3.62. The summed E-state index contributed by atoms with van der Waals surface area (Å²) in [6.07, 6.45) is 1.48. The van der Waals surface area contributed by atoms with Gasteiger partial charge in [0.05, 0.1) is 5.69 Å². The average Bonchev–Trinajstić information content (AvgIpc) is 2.74. The fraction of sp³-hybridized carbons (Fsp3) is 0.333. The number of aryl methyl sites for hydroxylation is 3. The second kappa shape index (κ2) is 3.98. The molecule has 2 rings (SSSR count). The SMILES string of the molecule is Cc1nn(C)c(Sc2ncnn2C)c1C#N. The van der Waals surface area contributed by atoms with E-state index in [0.29, 0.717) is 5.56 Å². The lowest BCUT2D eigenvalue weighted by atomic mass is 10.3. The molecule has 0 saturated carbocycles. The molecule has 0 aromatic carbocycles. The van der Waals surface area contributed by atoms with Gasteiger partial charge in [-0.25, -0.2) is 9.67 Å². The highest BCUT2D eigenvalue weighted by Crippen LogP contribution is 2.29. The fourth-order valence-electron chi connectivity index (χ4n) is 1.35. The Kier molecular flexibility index (Phi) is 2.66. The summed E-state index contributed by atoms with van der Waals surface area (Å²) in [5, 5.41) is 18.8. The first-order chi connectivity index (χ1) is 7.63. The molecule has 0 bridgehead atoms. The quantitative estimate of drug-likeness (QED) is 0.771. The van der Waals surface area contributed by atoms with Crippen molar-refractivity contribution in [2.45, 2.75) is 17.1 Å². The van der Waals surface area contributed by atoms with Crippen LogP contribution in [0, 0.1) is 18.3 Å². The molecule has 0 aliphatic carbocycles. The minimum Gasteiger partial charge on any atom is -0.260 e. The van der Waals surface area contributed by atoms with Crippen molar-refractivity contribution in [2.24, 2.45) is 14.1 Å². The highest BCUT2D eigenvalue weighted by molar-refractivity contribution is 7.99. The molecule has 7 heteroatoms. The van der Waals surface area contributed by atoms with Crippen LogP contribution in [0.15, 0.2) is 16.5 Å². The lowest BCUT2D eigenvalue weighted by Gasteiger charge is -2.00. The van der Waals surface area contributed by atoms with Gasteiger partial charge in [0.25, 0.3) is 0 Å². The Hall–Kier alpha value is -1.81. The van der Waals surface area contributed by atoms with Crippen molar-refractivity contribution in [3.63, 3.8) is 0 Å². The Morgan fingerprint density at radius 1 is 1.38 bits per heavy atom. The zero-order chi connectivity index (χ0) is 11.7. The van der Waals surface area contributed by atoms with Crippen LogP contribution in [0.2, 0.25) is 0 Å². The van der Waals surface area contributed by atoms with Crippen molar-refractivity contribution in [3.8, 4) is 6.07 Å². The summed E-state index contributed by atoms with van der Waals surface area (Å²) in [5.41, 5.74) is 1.32. The monoisotopic (exact) mass is 234 g/mol. The molecular formula is C9H10N6S. The van der Waals surface area contributed by atoms with Gasteiger partial charge >= 0.3 is 0 Å². The van der Waals surface area contributed by atoms with Gasteiger partial charge in [0, 0.05) is 14.1 Å². The lowest BCUT2D eigenvalue weighted by Crippen LogP contribution is -1.97. The van der Waals surface area contributed by atoms with Crippen LogP contribution in [0.5, 0.6) is 0 Å². The number of hydrogen-bond donors (Lipinski definition) is 0. The van der Waals surface area contributed by atoms with Gasteiger partial charge in [-0.05, 0) is 18.7 Å². The summed E-state index contributed by atoms with van der Waals surface area (Å²) in [4.78, 5) is 4.10. The molecular weight excluding hydrogens is 224 g/mol. The van der Waals surface area contributed by atoms with Crippen LogP contribution in [0.3, 0.4) is 0 Å². The molecule has 0 fully saturated rings. The van der Waals surface area contributed by atoms with E-state index in [2.05, 4.69) is 21.3 Å². The molecule has 82 valence electrons. The van der Waals surface area contributed by atoms with Crippen LogP contribution >= 0.6 is 11.8 Å². The minimum atomic E-state index is 0.593. The van der Waals surface area contributed by atoms with E-state index in [9.17, 15) is 0 Å². The lowest BCUT2D eigenvalue weighted by molar-refractivity contribution is 0.670. The molecule has 0 atom stereocenters. The highest BCUT2D eigenvalue weighted by Gasteiger charge is 2.16. The first-order valence-electron chi connectivity index (χ1n) is 4.59. The molecule has 2 heterocycles. The zero-order valence-corrected chi connectivity index (χ0v) is 9.99. The van der Waals surface area contributed by atoms with Gasteiger partial charge in [0.15, 0.2) is 5.16 Å². The van der Waals surface area contributed by atoms with Crippen LogP contribution in [-0.4, -0.2) is 24.5 Å². The summed E-state index contributed by atoms with van der Waals surface area (Å²) >= 11 is 1.39. The first-order valence-corrected chi connectivity index (χ1v) is 5.40. The second-order valence-corrected chi connectivity index (χ2v) is 4.23. The Bertz CT molecular complexity index is 561. The topological polar surface area (TPSA) is 72.3 Å². The number of nitriles is 1. The largest absolute Gasteiger partial charge is 0.260 e. The normalized spacial score (nSPS) is 10.4. The molecule has 0 saturated heterocycles. The van der Waals surface area contributed by atoms with E-state index in [-0.39, 0.29) is 0 Å². The van der Waals surface area contributed by atoms with Gasteiger partial charge in [-0.1, -0.05) is 0 Å². The third kappa shape index (κ3) is 1.67. The fourth-order valence-corrected chi connectivity index (χ4v) is 2.27. The predicted octanol–water partition coefficient (Wildman–Crippen LogP) is 0.880. The smallest absolute Gasteiger partial charge is 0.192 e. The molecule has 16 heavy (non-hydrogen) atoms. The number of rotatable bonds is 2. The minimum absolute atomic E-state index is 0.593. The average molecular weight is 234 g/mol. The van der Waals surface area contributed by atoms with Gasteiger partial charge in [-0.3, -0.25) is 4.68 Å². The van der Waals surface area contributed by atoms with Crippen LogP contribution < -0.4 is 0 Å². The summed E-state index contributed by atoms with van der Waals surface area (Å²) in [6, 6.07) is 2.15. The van der Waals surface area contributed by atoms with E-state index in [0.717, 1.165) is 15.9 Å². The molecule has 0 spiro atoms. The van der Waals surface area contributed by atoms with Crippen LogP contribution in [-0.2, 0) is 14.1 Å². The molecule has 6 nitrogen and oxygen atoms in total. The number of aromatic nitrogens is 5. The van der Waals surface area contributed by atoms with Crippen LogP contribution in [0.1, 0.15) is 11.3 Å². The molecule has 2 aromatic rings. The summed E-state index contributed by atoms with van der Waals surface area (Å²) in [6.45, 7) is 1.82. The summed E-state index contributed by atoms with van der Waals surface area (Å²) < 4.78 is 3.35. The Labute approximate surface area is 96.9 Å². The third-order valence-electron chi connectivity index (χ3n) is 2.14. The van der Waals surface area contributed by atoms with Crippen molar-refractivity contribution < 1.29 is 0 Å². The molecule has 0 aliphatic rings. The maximum Gasteiger partial charge on any atom is 0.192 e. The maximum atomic E-state index is 9.05. The van der Waals surface area contributed by atoms with Crippen molar-refractivity contribution in [3.05, 3.63) is 17.6 Å². The van der Waals surface area contributed by atoms with Crippen LogP contribution in [0.25, 0.3) is 0 Å². The maximum absolute atomic E-state index is 9.05. The van der Waals surface area contributed by atoms with E-state index in [1.54, 1.807) is 9.36 Å². The molecule has 0 radical (unpaired) electrons. The van der Waals surface area contributed by atoms with Gasteiger partial charge in [0.1, 0.15) is 23.0 Å². The van der Waals surface area contributed by atoms with E-state index in [1.165, 1.54) is 18.1 Å². The van der Waals surface area contributed by atoms with Gasteiger partial charge in [0.2, 0.25) is 0 Å². The van der Waals surface area contributed by atoms with Gasteiger partial charge in [-0.2, -0.15) is 15.5 Å². The molecule has 0 unspecified atom stereocenters. The van der Waals surface area contributed by atoms with Gasteiger partial charge < -0.3 is 0 Å². The standard InChI is InChI=1S/C9H10N6S/c1-6-7(4-10)8(14(2)13-6)16-9-11-5-12-15(9)3/h5H,1-3H3. The molecule has 0 amide bonds. The number of hydrogen-bond acceptors (Lipinski definition) is 5. The van der Waals surface area contributed by atoms with Crippen molar-refractivity contribution in [1.29, 1.82) is 5.26 Å². The Morgan fingerprint density at radius 2 is 2.12 bits per heavy atom. The van der Waals surface area contributed by atoms with E-state index in [1.807, 2.05) is 21.0 Å². The highest BCUT2D eigenvalue weighted by atomic mass is 32.2. The molecule has 0 N–H and O–H groups in total. The second-order valence-electron chi connectivity index (χ2n) is 3.27. The summed E-state index contributed by atoms with van der Waals surface area (Å²) in [5.74, 6) is 0. The van der Waals surface area contributed by atoms with Crippen molar-refractivity contribution in [1.82, 2.24) is 24.5 Å². The Morgan fingerprint density at radius 3 is 2.69 bits per heavy atom. The van der Waals surface area contributed by atoms with Crippen molar-refractivity contribution in [2.75, 3.05) is 0 Å². The Balaban J connectivity index is 2.43. The van der Waals surface area contributed by atoms with Crippen molar-refractivity contribution >= 4 is 11.8 Å². The van der Waals surface area contributed by atoms with E-state index < -0.39 is 0 Å². The molecule has 2 aromatic heterocycles. The van der Waals surface area contributed by atoms with E-state index >= 15 is 0 Å². The predicted molar refractivity (Wildman–Crippen MR) is 57.8 cm³/mol. The van der Waals surface area contributed by atoms with E-state index in [4.69, 9.17) is 5.26 Å². The zero-order valence-electron chi connectivity index (χ0n) is 9.17. The van der Waals surface area contributed by atoms with Gasteiger partial charge in [-0.15, -0.1) is 0 Å². The molecule has 0 aliphatic heterocycles. The number of nitrogens with zero attached hydrogens (tertiary/aromatic N) is 6. The third-order valence-corrected chi connectivity index (χ3v) is 3.35. The first kappa shape index (κ1) is 10.7. The van der Waals surface area contributed by atoms with Crippen LogP contribution in [0.4, 0.5) is 0 Å².